The number of benzene rings is 1. The van der Waals surface area contributed by atoms with Crippen molar-refractivity contribution >= 4 is 28.7 Å². The molecule has 3 heterocycles. The Morgan fingerprint density at radius 3 is 3.00 bits per heavy atom. The number of imidazole rings is 1. The van der Waals surface area contributed by atoms with Gasteiger partial charge < -0.3 is 19.2 Å². The van der Waals surface area contributed by atoms with Crippen LogP contribution in [-0.4, -0.2) is 40.2 Å². The van der Waals surface area contributed by atoms with Gasteiger partial charge in [-0.1, -0.05) is 11.6 Å². The van der Waals surface area contributed by atoms with Crippen molar-refractivity contribution in [1.82, 2.24) is 19.9 Å². The minimum atomic E-state index is 0.337. The van der Waals surface area contributed by atoms with Crippen molar-refractivity contribution in [2.24, 2.45) is 7.05 Å². The summed E-state index contributed by atoms with van der Waals surface area (Å²) in [6.07, 6.45) is 3.66. The lowest BCUT2D eigenvalue weighted by Gasteiger charge is -2.32. The Bertz CT molecular complexity index is 855. The highest BCUT2D eigenvalue weighted by atomic mass is 35.5. The van der Waals surface area contributed by atoms with E-state index in [1.807, 2.05) is 29.9 Å². The van der Waals surface area contributed by atoms with E-state index in [2.05, 4.69) is 27.1 Å². The van der Waals surface area contributed by atoms with E-state index in [0.717, 1.165) is 42.1 Å². The average molecular weight is 332 g/mol. The average Bonchev–Trinajstić information content (AvgIpc) is 3.13. The van der Waals surface area contributed by atoms with E-state index in [-0.39, 0.29) is 0 Å². The van der Waals surface area contributed by atoms with Crippen LogP contribution in [0.25, 0.3) is 22.5 Å². The molecule has 6 nitrogen and oxygen atoms in total. The molecule has 7 heteroatoms. The number of aromatic nitrogens is 3. The summed E-state index contributed by atoms with van der Waals surface area (Å²) in [4.78, 5) is 11.3. The molecule has 3 aromatic rings. The van der Waals surface area contributed by atoms with E-state index in [9.17, 15) is 0 Å². The van der Waals surface area contributed by atoms with Crippen LogP contribution >= 0.6 is 11.6 Å². The van der Waals surface area contributed by atoms with Crippen LogP contribution in [0.3, 0.4) is 0 Å². The molecule has 0 saturated carbocycles. The molecule has 23 heavy (non-hydrogen) atoms. The van der Waals surface area contributed by atoms with Crippen LogP contribution in [-0.2, 0) is 7.05 Å². The maximum Gasteiger partial charge on any atom is 0.298 e. The fraction of sp³-hybridized carbons (Fsp3) is 0.375. The SMILES string of the molecule is C[C@H]1CNCCN1c1nc2cc(Cl)cc(-c3nccn3C)c2o1. The summed E-state index contributed by atoms with van der Waals surface area (Å²) in [6.45, 7) is 4.88. The van der Waals surface area contributed by atoms with Crippen molar-refractivity contribution < 1.29 is 4.42 Å². The molecule has 0 spiro atoms. The fourth-order valence-corrected chi connectivity index (χ4v) is 3.24. The second-order valence-corrected chi connectivity index (χ2v) is 6.34. The van der Waals surface area contributed by atoms with Crippen molar-refractivity contribution in [2.45, 2.75) is 13.0 Å². The largest absolute Gasteiger partial charge is 0.423 e. The third-order valence-electron chi connectivity index (χ3n) is 4.25. The lowest BCUT2D eigenvalue weighted by atomic mass is 10.2. The van der Waals surface area contributed by atoms with E-state index in [0.29, 0.717) is 17.1 Å². The molecule has 120 valence electrons. The van der Waals surface area contributed by atoms with Gasteiger partial charge in [-0.25, -0.2) is 4.98 Å². The Morgan fingerprint density at radius 2 is 2.26 bits per heavy atom. The molecule has 1 atom stereocenters. The number of piperazine rings is 1. The zero-order chi connectivity index (χ0) is 16.0. The summed E-state index contributed by atoms with van der Waals surface area (Å²) >= 11 is 6.27. The molecule has 4 rings (SSSR count). The maximum absolute atomic E-state index is 6.27. The van der Waals surface area contributed by atoms with Crippen LogP contribution in [0.5, 0.6) is 0 Å². The molecule has 0 unspecified atom stereocenters. The molecule has 0 amide bonds. The van der Waals surface area contributed by atoms with Gasteiger partial charge in [-0.15, -0.1) is 0 Å². The standard InChI is InChI=1S/C16H18ClN5O/c1-10-9-18-3-6-22(10)16-20-13-8-11(17)7-12(14(13)23-16)15-19-4-5-21(15)2/h4-5,7-8,10,18H,3,6,9H2,1-2H3/t10-/m0/s1. The molecule has 0 bridgehead atoms. The van der Waals surface area contributed by atoms with Crippen molar-refractivity contribution in [3.8, 4) is 11.4 Å². The molecule has 1 aliphatic heterocycles. The molecule has 1 aliphatic rings. The molecular weight excluding hydrogens is 314 g/mol. The monoisotopic (exact) mass is 331 g/mol. The first-order valence-electron chi connectivity index (χ1n) is 7.68. The molecular formula is C16H18ClN5O. The Hall–Kier alpha value is -2.05. The van der Waals surface area contributed by atoms with Crippen LogP contribution in [0.15, 0.2) is 28.9 Å². The quantitative estimate of drug-likeness (QED) is 0.782. The summed E-state index contributed by atoms with van der Waals surface area (Å²) < 4.78 is 8.06. The number of rotatable bonds is 2. The molecule has 2 aromatic heterocycles. The Kier molecular flexibility index (Phi) is 3.50. The molecule has 1 fully saturated rings. The molecule has 1 N–H and O–H groups in total. The van der Waals surface area contributed by atoms with Crippen LogP contribution in [0.1, 0.15) is 6.92 Å². The second-order valence-electron chi connectivity index (χ2n) is 5.91. The van der Waals surface area contributed by atoms with Gasteiger partial charge in [0.2, 0.25) is 0 Å². The van der Waals surface area contributed by atoms with Gasteiger partial charge in [-0.3, -0.25) is 0 Å². The fourth-order valence-electron chi connectivity index (χ4n) is 3.03. The van der Waals surface area contributed by atoms with Gasteiger partial charge in [-0.2, -0.15) is 4.98 Å². The first-order valence-corrected chi connectivity index (χ1v) is 8.06. The Labute approximate surface area is 139 Å². The lowest BCUT2D eigenvalue weighted by Crippen LogP contribution is -2.50. The van der Waals surface area contributed by atoms with Crippen molar-refractivity contribution in [2.75, 3.05) is 24.5 Å². The number of anilines is 1. The maximum atomic E-state index is 6.27. The van der Waals surface area contributed by atoms with Crippen molar-refractivity contribution in [1.29, 1.82) is 0 Å². The van der Waals surface area contributed by atoms with Crippen LogP contribution in [0, 0.1) is 0 Å². The minimum absolute atomic E-state index is 0.337. The lowest BCUT2D eigenvalue weighted by molar-refractivity contribution is 0.456. The molecule has 1 aromatic carbocycles. The van der Waals surface area contributed by atoms with Gasteiger partial charge >= 0.3 is 0 Å². The van der Waals surface area contributed by atoms with E-state index in [4.69, 9.17) is 16.0 Å². The Morgan fingerprint density at radius 1 is 1.39 bits per heavy atom. The summed E-state index contributed by atoms with van der Waals surface area (Å²) in [5.41, 5.74) is 2.35. The van der Waals surface area contributed by atoms with E-state index >= 15 is 0 Å². The third-order valence-corrected chi connectivity index (χ3v) is 4.47. The van der Waals surface area contributed by atoms with Gasteiger partial charge in [-0.05, 0) is 19.1 Å². The zero-order valence-electron chi connectivity index (χ0n) is 13.1. The van der Waals surface area contributed by atoms with E-state index in [1.54, 1.807) is 6.20 Å². The third kappa shape index (κ3) is 2.48. The van der Waals surface area contributed by atoms with Gasteiger partial charge in [0.1, 0.15) is 11.3 Å². The van der Waals surface area contributed by atoms with Gasteiger partial charge in [0.05, 0.1) is 5.56 Å². The first kappa shape index (κ1) is 14.5. The summed E-state index contributed by atoms with van der Waals surface area (Å²) in [5, 5.41) is 4.00. The smallest absolute Gasteiger partial charge is 0.298 e. The van der Waals surface area contributed by atoms with Gasteiger partial charge in [0, 0.05) is 50.1 Å². The number of nitrogens with one attached hydrogen (secondary N) is 1. The highest BCUT2D eigenvalue weighted by Gasteiger charge is 2.24. The number of fused-ring (bicyclic) bond motifs is 1. The number of hydrogen-bond acceptors (Lipinski definition) is 5. The number of nitrogens with zero attached hydrogens (tertiary/aromatic N) is 4. The first-order chi connectivity index (χ1) is 11.1. The van der Waals surface area contributed by atoms with Crippen molar-refractivity contribution in [3.63, 3.8) is 0 Å². The van der Waals surface area contributed by atoms with Gasteiger partial charge in [0.15, 0.2) is 5.58 Å². The highest BCUT2D eigenvalue weighted by Crippen LogP contribution is 2.34. The highest BCUT2D eigenvalue weighted by molar-refractivity contribution is 6.31. The molecule has 0 aliphatic carbocycles. The Balaban J connectivity index is 1.87. The van der Waals surface area contributed by atoms with Gasteiger partial charge in [0.25, 0.3) is 6.01 Å². The minimum Gasteiger partial charge on any atom is -0.423 e. The molecule has 0 radical (unpaired) electrons. The summed E-state index contributed by atoms with van der Waals surface area (Å²) in [6, 6.07) is 4.70. The number of hydrogen-bond donors (Lipinski definition) is 1. The number of aryl methyl sites for hydroxylation is 1. The van der Waals surface area contributed by atoms with Crippen molar-refractivity contribution in [3.05, 3.63) is 29.5 Å². The predicted octanol–water partition coefficient (Wildman–Crippen LogP) is 2.68. The second kappa shape index (κ2) is 5.54. The topological polar surface area (TPSA) is 59.1 Å². The van der Waals surface area contributed by atoms with Crippen LogP contribution in [0.2, 0.25) is 5.02 Å². The van der Waals surface area contributed by atoms with Crippen LogP contribution in [0.4, 0.5) is 6.01 Å². The number of oxazole rings is 1. The number of halogens is 1. The summed E-state index contributed by atoms with van der Waals surface area (Å²) in [7, 11) is 1.95. The van der Waals surface area contributed by atoms with E-state index in [1.165, 1.54) is 0 Å². The summed E-state index contributed by atoms with van der Waals surface area (Å²) in [5.74, 6) is 0.813. The van der Waals surface area contributed by atoms with E-state index < -0.39 is 0 Å². The molecule has 1 saturated heterocycles. The van der Waals surface area contributed by atoms with Crippen LogP contribution < -0.4 is 10.2 Å². The zero-order valence-corrected chi connectivity index (χ0v) is 13.8. The predicted molar refractivity (Wildman–Crippen MR) is 90.9 cm³/mol. The normalized spacial score (nSPS) is 18.7.